The number of rotatable bonds is 4. The van der Waals surface area contributed by atoms with Crippen molar-refractivity contribution in [1.29, 1.82) is 0 Å². The molecule has 1 heterocycles. The molecule has 1 aliphatic carbocycles. The van der Waals surface area contributed by atoms with Gasteiger partial charge in [-0.25, -0.2) is 4.98 Å². The predicted molar refractivity (Wildman–Crippen MR) is 94.6 cm³/mol. The Morgan fingerprint density at radius 2 is 2.13 bits per heavy atom. The second-order valence-corrected chi connectivity index (χ2v) is 7.07. The van der Waals surface area contributed by atoms with E-state index in [9.17, 15) is 4.79 Å². The van der Waals surface area contributed by atoms with Crippen molar-refractivity contribution in [1.82, 2.24) is 10.3 Å². The molecule has 2 unspecified atom stereocenters. The molecule has 5 heteroatoms. The molecule has 4 nitrogen and oxygen atoms in total. The van der Waals surface area contributed by atoms with E-state index in [1.165, 1.54) is 23.3 Å². The lowest BCUT2D eigenvalue weighted by Gasteiger charge is -2.31. The highest BCUT2D eigenvalue weighted by Crippen LogP contribution is 2.27. The van der Waals surface area contributed by atoms with E-state index in [1.807, 2.05) is 23.6 Å². The second kappa shape index (κ2) is 7.23. The van der Waals surface area contributed by atoms with Crippen molar-refractivity contribution in [3.8, 4) is 10.6 Å². The van der Waals surface area contributed by atoms with Gasteiger partial charge in [0.25, 0.3) is 5.91 Å². The molecule has 0 aliphatic heterocycles. The molecule has 2 aromatic rings. The normalized spacial score (nSPS) is 21.1. The van der Waals surface area contributed by atoms with E-state index in [0.29, 0.717) is 18.2 Å². The molecule has 3 N–H and O–H groups in total. The standard InChI is InChI=1S/C18H23N3OS/c1-12-6-2-4-8-14(12)18-21-16(11-23-18)17(22)20-15-9-5-3-7-13(15)10-19/h2,4,6,8,11,13,15H,3,5,7,9-10,19H2,1H3,(H,20,22). The number of thiazole rings is 1. The van der Waals surface area contributed by atoms with Gasteiger partial charge >= 0.3 is 0 Å². The van der Waals surface area contributed by atoms with Crippen molar-refractivity contribution < 1.29 is 4.79 Å². The first kappa shape index (κ1) is 16.1. The summed E-state index contributed by atoms with van der Waals surface area (Å²) in [5.74, 6) is 0.314. The number of hydrogen-bond donors (Lipinski definition) is 2. The molecule has 1 aromatic heterocycles. The zero-order valence-corrected chi connectivity index (χ0v) is 14.2. The molecule has 0 radical (unpaired) electrons. The average molecular weight is 329 g/mol. The highest BCUT2D eigenvalue weighted by molar-refractivity contribution is 7.13. The topological polar surface area (TPSA) is 68.0 Å². The maximum atomic E-state index is 12.5. The molecule has 1 aliphatic rings. The molecule has 0 saturated heterocycles. The van der Waals surface area contributed by atoms with E-state index < -0.39 is 0 Å². The fourth-order valence-corrected chi connectivity index (χ4v) is 4.13. The van der Waals surface area contributed by atoms with Gasteiger partial charge in [0, 0.05) is 17.0 Å². The summed E-state index contributed by atoms with van der Waals surface area (Å²) in [6, 6.07) is 8.30. The van der Waals surface area contributed by atoms with E-state index in [0.717, 1.165) is 29.8 Å². The van der Waals surface area contributed by atoms with E-state index in [2.05, 4.69) is 23.3 Å². The largest absolute Gasteiger partial charge is 0.348 e. The van der Waals surface area contributed by atoms with Crippen molar-refractivity contribution >= 4 is 17.2 Å². The Morgan fingerprint density at radius 1 is 1.35 bits per heavy atom. The average Bonchev–Trinajstić information content (AvgIpc) is 3.05. The van der Waals surface area contributed by atoms with Crippen LogP contribution in [-0.2, 0) is 0 Å². The SMILES string of the molecule is Cc1ccccc1-c1nc(C(=O)NC2CCCCC2CN)cs1. The number of aryl methyl sites for hydroxylation is 1. The second-order valence-electron chi connectivity index (χ2n) is 6.21. The van der Waals surface area contributed by atoms with Crippen LogP contribution in [-0.4, -0.2) is 23.5 Å². The van der Waals surface area contributed by atoms with Crippen LogP contribution in [0.1, 0.15) is 41.7 Å². The van der Waals surface area contributed by atoms with Gasteiger partial charge in [-0.15, -0.1) is 11.3 Å². The summed E-state index contributed by atoms with van der Waals surface area (Å²) in [6.07, 6.45) is 4.49. The van der Waals surface area contributed by atoms with Crippen molar-refractivity contribution in [3.05, 3.63) is 40.9 Å². The maximum Gasteiger partial charge on any atom is 0.271 e. The Morgan fingerprint density at radius 3 is 2.91 bits per heavy atom. The quantitative estimate of drug-likeness (QED) is 0.903. The molecule has 2 atom stereocenters. The summed E-state index contributed by atoms with van der Waals surface area (Å²) in [5, 5.41) is 5.88. The monoisotopic (exact) mass is 329 g/mol. The number of hydrogen-bond acceptors (Lipinski definition) is 4. The van der Waals surface area contributed by atoms with Crippen LogP contribution in [0.4, 0.5) is 0 Å². The molecular formula is C18H23N3OS. The van der Waals surface area contributed by atoms with Crippen LogP contribution >= 0.6 is 11.3 Å². The summed E-state index contributed by atoms with van der Waals surface area (Å²) in [7, 11) is 0. The Bertz CT molecular complexity index is 682. The van der Waals surface area contributed by atoms with E-state index in [4.69, 9.17) is 5.73 Å². The van der Waals surface area contributed by atoms with Crippen LogP contribution in [0.3, 0.4) is 0 Å². The lowest BCUT2D eigenvalue weighted by Crippen LogP contribution is -2.44. The fourth-order valence-electron chi connectivity index (χ4n) is 3.24. The lowest BCUT2D eigenvalue weighted by molar-refractivity contribution is 0.0904. The summed E-state index contributed by atoms with van der Waals surface area (Å²) in [5.41, 5.74) is 8.61. The van der Waals surface area contributed by atoms with Crippen molar-refractivity contribution in [2.45, 2.75) is 38.6 Å². The minimum Gasteiger partial charge on any atom is -0.348 e. The predicted octanol–water partition coefficient (Wildman–Crippen LogP) is 3.37. The summed E-state index contributed by atoms with van der Waals surface area (Å²) >= 11 is 1.52. The molecule has 122 valence electrons. The van der Waals surface area contributed by atoms with Gasteiger partial charge in [-0.2, -0.15) is 0 Å². The molecule has 1 amide bonds. The Kier molecular flexibility index (Phi) is 5.08. The number of nitrogens with two attached hydrogens (primary N) is 1. The first-order chi connectivity index (χ1) is 11.2. The van der Waals surface area contributed by atoms with Crippen LogP contribution < -0.4 is 11.1 Å². The third kappa shape index (κ3) is 3.62. The molecule has 1 saturated carbocycles. The van der Waals surface area contributed by atoms with Gasteiger partial charge in [0.2, 0.25) is 0 Å². The molecule has 3 rings (SSSR count). The zero-order chi connectivity index (χ0) is 16.2. The van der Waals surface area contributed by atoms with E-state index in [1.54, 1.807) is 0 Å². The number of nitrogens with one attached hydrogen (secondary N) is 1. The van der Waals surface area contributed by atoms with Gasteiger partial charge in [0.15, 0.2) is 0 Å². The van der Waals surface area contributed by atoms with Crippen LogP contribution in [0, 0.1) is 12.8 Å². The maximum absolute atomic E-state index is 12.5. The summed E-state index contributed by atoms with van der Waals surface area (Å²) in [4.78, 5) is 17.0. The first-order valence-electron chi connectivity index (χ1n) is 8.21. The molecule has 0 spiro atoms. The molecule has 23 heavy (non-hydrogen) atoms. The lowest BCUT2D eigenvalue weighted by atomic mass is 9.84. The van der Waals surface area contributed by atoms with Crippen LogP contribution in [0.25, 0.3) is 10.6 Å². The van der Waals surface area contributed by atoms with Crippen LogP contribution in [0.2, 0.25) is 0 Å². The zero-order valence-electron chi connectivity index (χ0n) is 13.4. The van der Waals surface area contributed by atoms with Crippen molar-refractivity contribution in [2.75, 3.05) is 6.54 Å². The van der Waals surface area contributed by atoms with Crippen molar-refractivity contribution in [3.63, 3.8) is 0 Å². The highest BCUT2D eigenvalue weighted by Gasteiger charge is 2.26. The molecule has 0 bridgehead atoms. The van der Waals surface area contributed by atoms with Crippen LogP contribution in [0.5, 0.6) is 0 Å². The van der Waals surface area contributed by atoms with Gasteiger partial charge in [0.05, 0.1) is 0 Å². The number of aromatic nitrogens is 1. The Balaban J connectivity index is 1.72. The van der Waals surface area contributed by atoms with Crippen LogP contribution in [0.15, 0.2) is 29.6 Å². The fraction of sp³-hybridized carbons (Fsp3) is 0.444. The number of carbonyl (C=O) groups excluding carboxylic acids is 1. The summed E-state index contributed by atoms with van der Waals surface area (Å²) < 4.78 is 0. The van der Waals surface area contributed by atoms with Crippen molar-refractivity contribution in [2.24, 2.45) is 11.7 Å². The molecule has 1 fully saturated rings. The number of amides is 1. The smallest absolute Gasteiger partial charge is 0.271 e. The van der Waals surface area contributed by atoms with Gasteiger partial charge < -0.3 is 11.1 Å². The van der Waals surface area contributed by atoms with E-state index >= 15 is 0 Å². The molecular weight excluding hydrogens is 306 g/mol. The number of carbonyl (C=O) groups is 1. The number of nitrogens with zero attached hydrogens (tertiary/aromatic N) is 1. The van der Waals surface area contributed by atoms with Gasteiger partial charge in [-0.1, -0.05) is 37.1 Å². The van der Waals surface area contributed by atoms with E-state index in [-0.39, 0.29) is 11.9 Å². The molecule has 1 aromatic carbocycles. The first-order valence-corrected chi connectivity index (χ1v) is 9.09. The Hall–Kier alpha value is -1.72. The Labute approximate surface area is 141 Å². The van der Waals surface area contributed by atoms with Gasteiger partial charge in [-0.3, -0.25) is 4.79 Å². The summed E-state index contributed by atoms with van der Waals surface area (Å²) in [6.45, 7) is 2.70. The van der Waals surface area contributed by atoms with Gasteiger partial charge in [-0.05, 0) is 37.8 Å². The third-order valence-corrected chi connectivity index (χ3v) is 5.52. The third-order valence-electron chi connectivity index (χ3n) is 4.64. The van der Waals surface area contributed by atoms with Gasteiger partial charge in [0.1, 0.15) is 10.7 Å². The minimum atomic E-state index is -0.0774. The number of benzene rings is 1. The highest BCUT2D eigenvalue weighted by atomic mass is 32.1. The minimum absolute atomic E-state index is 0.0774.